The SMILES string of the molecule is Br.Oc1ccccc1O.[B]. The van der Waals surface area contributed by atoms with Gasteiger partial charge in [0.2, 0.25) is 0 Å². The Hall–Kier alpha value is -0.635. The second-order valence-electron chi connectivity index (χ2n) is 1.49. The van der Waals surface area contributed by atoms with E-state index in [0.717, 1.165) is 0 Å². The molecule has 1 aromatic rings. The molecule has 0 aliphatic carbocycles. The summed E-state index contributed by atoms with van der Waals surface area (Å²) in [5, 5.41) is 17.3. The van der Waals surface area contributed by atoms with Crippen LogP contribution in [0.4, 0.5) is 0 Å². The second kappa shape index (κ2) is 5.17. The lowest BCUT2D eigenvalue weighted by Crippen LogP contribution is -1.63. The normalized spacial score (nSPS) is 7.20. The number of halogens is 1. The lowest BCUT2D eigenvalue weighted by Gasteiger charge is -1.91. The molecule has 2 nitrogen and oxygen atoms in total. The van der Waals surface area contributed by atoms with Gasteiger partial charge in [0.25, 0.3) is 0 Å². The molecule has 0 atom stereocenters. The van der Waals surface area contributed by atoms with Crippen LogP contribution in [0, 0.1) is 0 Å². The summed E-state index contributed by atoms with van der Waals surface area (Å²) in [6.07, 6.45) is 0. The van der Waals surface area contributed by atoms with E-state index in [1.807, 2.05) is 0 Å². The van der Waals surface area contributed by atoms with Crippen molar-refractivity contribution in [1.82, 2.24) is 0 Å². The lowest BCUT2D eigenvalue weighted by molar-refractivity contribution is 0.404. The van der Waals surface area contributed by atoms with E-state index >= 15 is 0 Å². The van der Waals surface area contributed by atoms with Crippen molar-refractivity contribution in [2.75, 3.05) is 0 Å². The van der Waals surface area contributed by atoms with Gasteiger partial charge in [-0.3, -0.25) is 0 Å². The highest BCUT2D eigenvalue weighted by Gasteiger charge is 1.90. The molecule has 0 heterocycles. The van der Waals surface area contributed by atoms with Crippen molar-refractivity contribution in [3.05, 3.63) is 24.3 Å². The Morgan fingerprint density at radius 1 is 0.900 bits per heavy atom. The molecule has 2 N–H and O–H groups in total. The molecular formula is C6H7BBrO2. The van der Waals surface area contributed by atoms with Gasteiger partial charge in [0.1, 0.15) is 0 Å². The first-order valence-corrected chi connectivity index (χ1v) is 2.27. The molecule has 0 saturated carbocycles. The summed E-state index contributed by atoms with van der Waals surface area (Å²) in [6.45, 7) is 0. The van der Waals surface area contributed by atoms with Crippen LogP contribution in [-0.2, 0) is 0 Å². The smallest absolute Gasteiger partial charge is 0.157 e. The summed E-state index contributed by atoms with van der Waals surface area (Å²) in [7, 11) is 0. The van der Waals surface area contributed by atoms with Crippen molar-refractivity contribution in [2.24, 2.45) is 0 Å². The van der Waals surface area contributed by atoms with E-state index in [2.05, 4.69) is 0 Å². The minimum Gasteiger partial charge on any atom is -0.504 e. The van der Waals surface area contributed by atoms with Gasteiger partial charge in [0.15, 0.2) is 11.5 Å². The van der Waals surface area contributed by atoms with Crippen LogP contribution in [0.1, 0.15) is 0 Å². The molecule has 0 aromatic heterocycles. The van der Waals surface area contributed by atoms with Gasteiger partial charge in [0, 0.05) is 8.41 Å². The first kappa shape index (κ1) is 12.1. The predicted octanol–water partition coefficient (Wildman–Crippen LogP) is 1.29. The maximum Gasteiger partial charge on any atom is 0.157 e. The van der Waals surface area contributed by atoms with E-state index in [1.165, 1.54) is 12.1 Å². The standard InChI is InChI=1S/C6H6O2.B.BrH/c7-5-3-1-2-4-6(5)8;;/h1-4,7-8H;;1H. The first-order chi connectivity index (χ1) is 3.80. The third kappa shape index (κ3) is 2.78. The van der Waals surface area contributed by atoms with Crippen LogP contribution in [0.2, 0.25) is 0 Å². The molecule has 0 fully saturated rings. The monoisotopic (exact) mass is 201 g/mol. The Morgan fingerprint density at radius 2 is 1.20 bits per heavy atom. The average Bonchev–Trinajstić information content (AvgIpc) is 1.77. The Labute approximate surface area is 71.9 Å². The highest BCUT2D eigenvalue weighted by atomic mass is 79.9. The van der Waals surface area contributed by atoms with E-state index in [0.29, 0.717) is 0 Å². The van der Waals surface area contributed by atoms with E-state index in [9.17, 15) is 0 Å². The minimum atomic E-state index is -0.0764. The molecule has 0 aliphatic heterocycles. The van der Waals surface area contributed by atoms with Crippen LogP contribution >= 0.6 is 17.0 Å². The van der Waals surface area contributed by atoms with E-state index in [4.69, 9.17) is 10.2 Å². The minimum absolute atomic E-state index is 0. The number of rotatable bonds is 0. The number of hydrogen-bond donors (Lipinski definition) is 2. The maximum absolute atomic E-state index is 8.67. The lowest BCUT2D eigenvalue weighted by atomic mass is 10.3. The molecule has 0 aliphatic rings. The zero-order chi connectivity index (χ0) is 5.98. The maximum atomic E-state index is 8.67. The Morgan fingerprint density at radius 3 is 1.40 bits per heavy atom. The predicted molar refractivity (Wildman–Crippen MR) is 45.8 cm³/mol. The molecule has 0 saturated heterocycles. The molecule has 0 amide bonds. The van der Waals surface area contributed by atoms with Crippen LogP contribution in [0.15, 0.2) is 24.3 Å². The number of phenols is 2. The summed E-state index contributed by atoms with van der Waals surface area (Å²) in [5.41, 5.74) is 0. The van der Waals surface area contributed by atoms with Crippen molar-refractivity contribution in [2.45, 2.75) is 0 Å². The topological polar surface area (TPSA) is 40.5 Å². The third-order valence-corrected chi connectivity index (χ3v) is 0.882. The van der Waals surface area contributed by atoms with Gasteiger partial charge in [-0.15, -0.1) is 17.0 Å². The fourth-order valence-electron chi connectivity index (χ4n) is 0.464. The molecule has 0 spiro atoms. The first-order valence-electron chi connectivity index (χ1n) is 2.27. The fourth-order valence-corrected chi connectivity index (χ4v) is 0.464. The highest BCUT2D eigenvalue weighted by Crippen LogP contribution is 2.21. The molecule has 10 heavy (non-hydrogen) atoms. The zero-order valence-electron chi connectivity index (χ0n) is 5.19. The van der Waals surface area contributed by atoms with E-state index in [-0.39, 0.29) is 36.9 Å². The van der Waals surface area contributed by atoms with Gasteiger partial charge in [0.05, 0.1) is 0 Å². The summed E-state index contributed by atoms with van der Waals surface area (Å²) in [4.78, 5) is 0. The van der Waals surface area contributed by atoms with Crippen LogP contribution in [0.25, 0.3) is 0 Å². The number of aromatic hydroxyl groups is 2. The summed E-state index contributed by atoms with van der Waals surface area (Å²) in [5.74, 6) is -0.153. The van der Waals surface area contributed by atoms with Crippen molar-refractivity contribution in [1.29, 1.82) is 0 Å². The van der Waals surface area contributed by atoms with Gasteiger partial charge in [-0.2, -0.15) is 0 Å². The number of para-hydroxylation sites is 2. The Balaban J connectivity index is 0. The van der Waals surface area contributed by atoms with Crippen molar-refractivity contribution >= 4 is 25.4 Å². The zero-order valence-corrected chi connectivity index (χ0v) is 6.90. The van der Waals surface area contributed by atoms with Crippen LogP contribution < -0.4 is 0 Å². The Bertz CT molecular complexity index is 172. The van der Waals surface area contributed by atoms with Gasteiger partial charge in [-0.25, -0.2) is 0 Å². The molecule has 4 heteroatoms. The van der Waals surface area contributed by atoms with Crippen LogP contribution in [0.5, 0.6) is 11.5 Å². The van der Waals surface area contributed by atoms with Gasteiger partial charge >= 0.3 is 0 Å². The molecule has 53 valence electrons. The molecular weight excluding hydrogens is 195 g/mol. The molecule has 0 unspecified atom stereocenters. The fraction of sp³-hybridized carbons (Fsp3) is 0. The molecule has 3 radical (unpaired) electrons. The van der Waals surface area contributed by atoms with Crippen molar-refractivity contribution in [3.63, 3.8) is 0 Å². The van der Waals surface area contributed by atoms with Gasteiger partial charge < -0.3 is 10.2 Å². The largest absolute Gasteiger partial charge is 0.504 e. The second-order valence-corrected chi connectivity index (χ2v) is 1.49. The molecule has 0 bridgehead atoms. The highest BCUT2D eigenvalue weighted by molar-refractivity contribution is 8.93. The van der Waals surface area contributed by atoms with Crippen LogP contribution in [-0.4, -0.2) is 18.6 Å². The molecule has 1 rings (SSSR count). The number of phenolic OH excluding ortho intramolecular Hbond substituents is 2. The summed E-state index contributed by atoms with van der Waals surface area (Å²) >= 11 is 0. The van der Waals surface area contributed by atoms with Crippen molar-refractivity contribution < 1.29 is 10.2 Å². The van der Waals surface area contributed by atoms with Crippen molar-refractivity contribution in [3.8, 4) is 11.5 Å². The van der Waals surface area contributed by atoms with E-state index in [1.54, 1.807) is 12.1 Å². The van der Waals surface area contributed by atoms with Crippen LogP contribution in [0.3, 0.4) is 0 Å². The van der Waals surface area contributed by atoms with Gasteiger partial charge in [-0.1, -0.05) is 12.1 Å². The number of hydrogen-bond acceptors (Lipinski definition) is 2. The van der Waals surface area contributed by atoms with E-state index < -0.39 is 0 Å². The Kier molecular flexibility index (Phi) is 6.25. The average molecular weight is 202 g/mol. The third-order valence-electron chi connectivity index (χ3n) is 0.882. The summed E-state index contributed by atoms with van der Waals surface area (Å²) in [6, 6.07) is 6.15. The summed E-state index contributed by atoms with van der Waals surface area (Å²) < 4.78 is 0. The van der Waals surface area contributed by atoms with Gasteiger partial charge in [-0.05, 0) is 12.1 Å². The molecule has 1 aromatic carbocycles. The quantitative estimate of drug-likeness (QED) is 0.491. The number of benzene rings is 1.